The zero-order valence-electron chi connectivity index (χ0n) is 29.2. The van der Waals surface area contributed by atoms with Crippen LogP contribution in [-0.4, -0.2) is 45.8 Å². The minimum atomic E-state index is -0.477. The molecule has 6 aromatic rings. The first kappa shape index (κ1) is 32.8. The Balaban J connectivity index is 1.24. The van der Waals surface area contributed by atoms with E-state index in [2.05, 4.69) is 18.9 Å². The number of benzene rings is 6. The number of nitrogens with zero attached hydrogens (tertiary/aromatic N) is 3. The Morgan fingerprint density at radius 2 is 0.941 bits per heavy atom. The Morgan fingerprint density at radius 1 is 0.510 bits per heavy atom. The fourth-order valence-electron chi connectivity index (χ4n) is 8.39. The number of rotatable bonds is 13. The Bertz CT molecular complexity index is 2260. The molecule has 0 radical (unpaired) electrons. The number of unbranched alkanes of at least 4 members (excludes halogenated alkanes) is 6. The maximum absolute atomic E-state index is 14.4. The minimum absolute atomic E-state index is 0.127. The van der Waals surface area contributed by atoms with Gasteiger partial charge in [0.15, 0.2) is 0 Å². The molecule has 0 fully saturated rings. The Morgan fingerprint density at radius 3 is 1.37 bits per heavy atom. The van der Waals surface area contributed by atoms with Crippen LogP contribution in [0.1, 0.15) is 125 Å². The van der Waals surface area contributed by atoms with Crippen molar-refractivity contribution < 1.29 is 19.2 Å². The number of hydrogen-bond donors (Lipinski definition) is 0. The lowest BCUT2D eigenvalue weighted by Crippen LogP contribution is -2.47. The Hall–Kier alpha value is -5.43. The summed E-state index contributed by atoms with van der Waals surface area (Å²) in [6, 6.07) is 24.3. The zero-order chi connectivity index (χ0) is 35.2. The van der Waals surface area contributed by atoms with E-state index >= 15 is 0 Å². The van der Waals surface area contributed by atoms with Gasteiger partial charge < -0.3 is 0 Å². The number of carbonyl (C=O) groups is 4. The highest BCUT2D eigenvalue weighted by Crippen LogP contribution is 2.46. The third-order valence-electron chi connectivity index (χ3n) is 10.9. The first-order chi connectivity index (χ1) is 24.9. The van der Waals surface area contributed by atoms with Crippen molar-refractivity contribution in [3.05, 3.63) is 107 Å². The maximum Gasteiger partial charge on any atom is 0.282 e. The van der Waals surface area contributed by atoms with E-state index in [0.29, 0.717) is 33.0 Å². The largest absolute Gasteiger partial charge is 0.282 e. The second-order valence-corrected chi connectivity index (χ2v) is 14.1. The predicted octanol–water partition coefficient (Wildman–Crippen LogP) is 10.3. The van der Waals surface area contributed by atoms with Gasteiger partial charge >= 0.3 is 0 Å². The fraction of sp³-hybridized carbons (Fsp3) is 0.295. The summed E-state index contributed by atoms with van der Waals surface area (Å²) < 4.78 is 0. The highest BCUT2D eigenvalue weighted by molar-refractivity contribution is 6.41. The molecule has 0 atom stereocenters. The van der Waals surface area contributed by atoms with Crippen molar-refractivity contribution in [2.24, 2.45) is 5.10 Å². The van der Waals surface area contributed by atoms with E-state index in [9.17, 15) is 19.2 Å². The van der Waals surface area contributed by atoms with Crippen LogP contribution < -0.4 is 0 Å². The molecule has 0 bridgehead atoms. The van der Waals surface area contributed by atoms with Gasteiger partial charge in [0.2, 0.25) is 0 Å². The van der Waals surface area contributed by atoms with Gasteiger partial charge in [-0.2, -0.15) is 10.1 Å². The summed E-state index contributed by atoms with van der Waals surface area (Å²) in [5.41, 5.74) is 2.72. The van der Waals surface area contributed by atoms with Gasteiger partial charge in [0.1, 0.15) is 0 Å². The zero-order valence-corrected chi connectivity index (χ0v) is 29.2. The van der Waals surface area contributed by atoms with E-state index in [1.165, 1.54) is 6.21 Å². The summed E-state index contributed by atoms with van der Waals surface area (Å²) in [5.74, 6) is -1.38. The van der Waals surface area contributed by atoms with Crippen LogP contribution >= 0.6 is 0 Å². The predicted molar refractivity (Wildman–Crippen MR) is 204 cm³/mol. The van der Waals surface area contributed by atoms with Crippen LogP contribution in [0.5, 0.6) is 0 Å². The van der Waals surface area contributed by atoms with Crippen LogP contribution in [0.15, 0.2) is 84.0 Å². The topological polar surface area (TPSA) is 87.1 Å². The molecule has 8 rings (SSSR count). The molecule has 0 spiro atoms. The summed E-state index contributed by atoms with van der Waals surface area (Å²) in [5, 5.41) is 11.8. The molecular formula is C44H41N3O4. The van der Waals surface area contributed by atoms with E-state index in [1.807, 2.05) is 66.7 Å². The molecule has 6 aromatic carbocycles. The van der Waals surface area contributed by atoms with Crippen molar-refractivity contribution >= 4 is 72.9 Å². The lowest BCUT2D eigenvalue weighted by atomic mass is 9.82. The SMILES string of the molecule is CCCCCCC(CCCCCC)N1C(=O)c2ccc3c4ccc5c6c(ccc(c7ccc(c2c37)C1=O)c64)C(=O)N(/N=C/c1ccccc1)C5=O. The molecule has 0 aliphatic carbocycles. The number of imide groups is 2. The Labute approximate surface area is 297 Å². The van der Waals surface area contributed by atoms with E-state index in [-0.39, 0.29) is 17.9 Å². The summed E-state index contributed by atoms with van der Waals surface area (Å²) in [6.07, 6.45) is 11.9. The maximum atomic E-state index is 14.4. The normalized spacial score (nSPS) is 14.6. The van der Waals surface area contributed by atoms with Crippen molar-refractivity contribution in [1.29, 1.82) is 0 Å². The number of amides is 4. The van der Waals surface area contributed by atoms with Gasteiger partial charge in [0, 0.05) is 27.9 Å². The number of carbonyl (C=O) groups excluding carboxylic acids is 4. The van der Waals surface area contributed by atoms with Gasteiger partial charge in [0.05, 0.1) is 17.3 Å². The summed E-state index contributed by atoms with van der Waals surface area (Å²) in [6.45, 7) is 4.38. The molecule has 2 aliphatic rings. The molecule has 0 N–H and O–H groups in total. The van der Waals surface area contributed by atoms with E-state index in [0.717, 1.165) is 107 Å². The van der Waals surface area contributed by atoms with Crippen LogP contribution in [0.4, 0.5) is 0 Å². The highest BCUT2D eigenvalue weighted by atomic mass is 16.2. The van der Waals surface area contributed by atoms with Crippen molar-refractivity contribution in [2.45, 2.75) is 84.1 Å². The molecule has 4 amide bonds. The smallest absolute Gasteiger partial charge is 0.271 e. The second-order valence-electron chi connectivity index (χ2n) is 14.1. The quantitative estimate of drug-likeness (QED) is 0.0401. The van der Waals surface area contributed by atoms with Crippen LogP contribution in [0.2, 0.25) is 0 Å². The van der Waals surface area contributed by atoms with E-state index in [1.54, 1.807) is 17.0 Å². The first-order valence-electron chi connectivity index (χ1n) is 18.5. The molecule has 7 heteroatoms. The Kier molecular flexibility index (Phi) is 8.58. The van der Waals surface area contributed by atoms with Crippen molar-refractivity contribution in [3.63, 3.8) is 0 Å². The molecule has 0 saturated carbocycles. The van der Waals surface area contributed by atoms with Crippen molar-refractivity contribution in [2.75, 3.05) is 0 Å². The minimum Gasteiger partial charge on any atom is -0.271 e. The molecular weight excluding hydrogens is 635 g/mol. The third kappa shape index (κ3) is 5.29. The first-order valence-corrected chi connectivity index (χ1v) is 18.5. The summed E-state index contributed by atoms with van der Waals surface area (Å²) in [4.78, 5) is 58.0. The van der Waals surface area contributed by atoms with Gasteiger partial charge in [-0.3, -0.25) is 24.1 Å². The van der Waals surface area contributed by atoms with Crippen LogP contribution in [0.25, 0.3) is 43.1 Å². The molecule has 0 saturated heterocycles. The molecule has 51 heavy (non-hydrogen) atoms. The van der Waals surface area contributed by atoms with Gasteiger partial charge in [-0.1, -0.05) is 120 Å². The second kappa shape index (κ2) is 13.4. The molecule has 2 heterocycles. The number of hydrogen-bond acceptors (Lipinski definition) is 5. The third-order valence-corrected chi connectivity index (χ3v) is 10.9. The molecule has 2 aliphatic heterocycles. The average Bonchev–Trinajstić information content (AvgIpc) is 3.15. The van der Waals surface area contributed by atoms with Crippen molar-refractivity contribution in [3.8, 4) is 0 Å². The monoisotopic (exact) mass is 675 g/mol. The lowest BCUT2D eigenvalue weighted by molar-refractivity contribution is 0.0515. The number of hydrazone groups is 1. The highest BCUT2D eigenvalue weighted by Gasteiger charge is 2.39. The molecule has 7 nitrogen and oxygen atoms in total. The number of fused-ring (bicyclic) bond motifs is 2. The molecule has 0 aromatic heterocycles. The summed E-state index contributed by atoms with van der Waals surface area (Å²) in [7, 11) is 0. The van der Waals surface area contributed by atoms with Crippen LogP contribution in [0, 0.1) is 0 Å². The van der Waals surface area contributed by atoms with E-state index in [4.69, 9.17) is 0 Å². The lowest BCUT2D eigenvalue weighted by Gasteiger charge is -2.35. The summed E-state index contributed by atoms with van der Waals surface area (Å²) >= 11 is 0. The van der Waals surface area contributed by atoms with Crippen molar-refractivity contribution in [1.82, 2.24) is 9.91 Å². The van der Waals surface area contributed by atoms with Gasteiger partial charge in [-0.15, -0.1) is 0 Å². The fourth-order valence-corrected chi connectivity index (χ4v) is 8.39. The van der Waals surface area contributed by atoms with Gasteiger partial charge in [-0.05, 0) is 75.0 Å². The van der Waals surface area contributed by atoms with Gasteiger partial charge in [0.25, 0.3) is 23.6 Å². The molecule has 256 valence electrons. The standard InChI is InChI=1S/C44H41N3O4/c1-3-5-7-12-16-28(17-13-8-6-4-2)46-41(48)33-22-18-29-31-20-24-35-40-36(44(51)47(43(35)50)45-26-27-14-10-9-11-15-27)25-21-32(38(31)40)30-19-23-34(42(46)49)39(33)37(29)30/h9-11,14-15,18-26,28H,3-8,12-13,16-17H2,1-2H3/b45-26+. The van der Waals surface area contributed by atoms with Gasteiger partial charge in [-0.25, -0.2) is 0 Å². The average molecular weight is 676 g/mol. The molecule has 0 unspecified atom stereocenters. The van der Waals surface area contributed by atoms with Crippen LogP contribution in [-0.2, 0) is 0 Å². The van der Waals surface area contributed by atoms with E-state index < -0.39 is 11.8 Å². The van der Waals surface area contributed by atoms with Crippen LogP contribution in [0.3, 0.4) is 0 Å².